The molecule has 3 N–H and O–H groups in total. The van der Waals surface area contributed by atoms with Crippen LogP contribution in [0.3, 0.4) is 0 Å². The second kappa shape index (κ2) is 5.49. The fourth-order valence-electron chi connectivity index (χ4n) is 2.23. The van der Waals surface area contributed by atoms with E-state index in [1.54, 1.807) is 4.90 Å². The van der Waals surface area contributed by atoms with Gasteiger partial charge >= 0.3 is 0 Å². The molecule has 100 valence electrons. The summed E-state index contributed by atoms with van der Waals surface area (Å²) < 4.78 is 26.5. The number of alkyl halides is 2. The summed E-state index contributed by atoms with van der Waals surface area (Å²) >= 11 is 0. The summed E-state index contributed by atoms with van der Waals surface area (Å²) in [6.45, 7) is 2.26. The Kier molecular flexibility index (Phi) is 3.98. The van der Waals surface area contributed by atoms with Gasteiger partial charge in [-0.05, 0) is 18.2 Å². The van der Waals surface area contributed by atoms with Gasteiger partial charge in [-0.25, -0.2) is 8.78 Å². The number of aromatic hydroxyl groups is 2. The SMILES string of the molecule is Oc1ccc(O)c([C@@H](C(F)F)N2CCNCC2)c1. The first kappa shape index (κ1) is 13.0. The fraction of sp³-hybridized carbons (Fsp3) is 0.500. The molecular formula is C12H16F2N2O2. The van der Waals surface area contributed by atoms with Crippen molar-refractivity contribution in [2.24, 2.45) is 0 Å². The number of nitrogens with one attached hydrogen (secondary N) is 1. The topological polar surface area (TPSA) is 55.7 Å². The average molecular weight is 258 g/mol. The van der Waals surface area contributed by atoms with Crippen LogP contribution in [0.2, 0.25) is 0 Å². The summed E-state index contributed by atoms with van der Waals surface area (Å²) in [5.41, 5.74) is 0.0758. The largest absolute Gasteiger partial charge is 0.508 e. The van der Waals surface area contributed by atoms with E-state index in [0.717, 1.165) is 0 Å². The Morgan fingerprint density at radius 1 is 1.17 bits per heavy atom. The molecule has 0 saturated carbocycles. The Labute approximate surface area is 104 Å². The molecule has 0 radical (unpaired) electrons. The average Bonchev–Trinajstić information content (AvgIpc) is 2.35. The summed E-state index contributed by atoms with van der Waals surface area (Å²) in [5, 5.41) is 22.2. The molecule has 1 aliphatic heterocycles. The maximum absolute atomic E-state index is 13.2. The van der Waals surface area contributed by atoms with Crippen LogP contribution in [0.15, 0.2) is 18.2 Å². The number of rotatable bonds is 3. The van der Waals surface area contributed by atoms with Crippen LogP contribution in [0.25, 0.3) is 0 Å². The molecule has 1 saturated heterocycles. The number of benzene rings is 1. The molecule has 0 spiro atoms. The molecule has 0 amide bonds. The number of nitrogens with zero attached hydrogens (tertiary/aromatic N) is 1. The summed E-state index contributed by atoms with van der Waals surface area (Å²) in [6.07, 6.45) is -2.62. The molecule has 2 rings (SSSR count). The van der Waals surface area contributed by atoms with Gasteiger partial charge < -0.3 is 15.5 Å². The highest BCUT2D eigenvalue weighted by Crippen LogP contribution is 2.35. The lowest BCUT2D eigenvalue weighted by Crippen LogP contribution is -2.46. The number of piperazine rings is 1. The van der Waals surface area contributed by atoms with Crippen molar-refractivity contribution in [3.63, 3.8) is 0 Å². The van der Waals surface area contributed by atoms with Gasteiger partial charge in [-0.2, -0.15) is 0 Å². The van der Waals surface area contributed by atoms with Gasteiger partial charge in [0.2, 0.25) is 0 Å². The van der Waals surface area contributed by atoms with Gasteiger partial charge in [0.1, 0.15) is 17.5 Å². The van der Waals surface area contributed by atoms with E-state index in [9.17, 15) is 19.0 Å². The van der Waals surface area contributed by atoms with Crippen LogP contribution in [0, 0.1) is 0 Å². The monoisotopic (exact) mass is 258 g/mol. The van der Waals surface area contributed by atoms with Crippen molar-refractivity contribution in [1.82, 2.24) is 10.2 Å². The molecule has 1 aromatic carbocycles. The van der Waals surface area contributed by atoms with Crippen molar-refractivity contribution in [3.05, 3.63) is 23.8 Å². The Balaban J connectivity index is 2.31. The molecular weight excluding hydrogens is 242 g/mol. The minimum atomic E-state index is -2.62. The van der Waals surface area contributed by atoms with Crippen LogP contribution in [0.1, 0.15) is 11.6 Å². The predicted molar refractivity (Wildman–Crippen MR) is 63.0 cm³/mol. The zero-order valence-corrected chi connectivity index (χ0v) is 9.81. The molecule has 1 heterocycles. The van der Waals surface area contributed by atoms with E-state index in [-0.39, 0.29) is 17.1 Å². The van der Waals surface area contributed by atoms with Crippen molar-refractivity contribution in [2.45, 2.75) is 12.5 Å². The third-order valence-corrected chi connectivity index (χ3v) is 3.11. The van der Waals surface area contributed by atoms with Crippen molar-refractivity contribution in [3.8, 4) is 11.5 Å². The molecule has 0 aliphatic carbocycles. The number of halogens is 2. The first-order valence-electron chi connectivity index (χ1n) is 5.84. The van der Waals surface area contributed by atoms with Crippen LogP contribution < -0.4 is 5.32 Å². The molecule has 1 aromatic rings. The van der Waals surface area contributed by atoms with E-state index in [1.165, 1.54) is 18.2 Å². The highest BCUT2D eigenvalue weighted by atomic mass is 19.3. The molecule has 6 heteroatoms. The molecule has 1 fully saturated rings. The van der Waals surface area contributed by atoms with Crippen molar-refractivity contribution < 1.29 is 19.0 Å². The smallest absolute Gasteiger partial charge is 0.258 e. The number of hydrogen-bond donors (Lipinski definition) is 3. The van der Waals surface area contributed by atoms with E-state index in [1.807, 2.05) is 0 Å². The third-order valence-electron chi connectivity index (χ3n) is 3.11. The van der Waals surface area contributed by atoms with E-state index in [2.05, 4.69) is 5.32 Å². The van der Waals surface area contributed by atoms with Crippen molar-refractivity contribution >= 4 is 0 Å². The fourth-order valence-corrected chi connectivity index (χ4v) is 2.23. The highest BCUT2D eigenvalue weighted by Gasteiger charge is 2.32. The Morgan fingerprint density at radius 2 is 1.83 bits per heavy atom. The van der Waals surface area contributed by atoms with Crippen LogP contribution >= 0.6 is 0 Å². The number of phenols is 2. The lowest BCUT2D eigenvalue weighted by Gasteiger charge is -2.34. The molecule has 0 unspecified atom stereocenters. The first-order valence-corrected chi connectivity index (χ1v) is 5.84. The minimum Gasteiger partial charge on any atom is -0.508 e. The maximum Gasteiger partial charge on any atom is 0.258 e. The lowest BCUT2D eigenvalue weighted by molar-refractivity contribution is 0.0169. The number of phenolic OH excluding ortho intramolecular Hbond substituents is 2. The summed E-state index contributed by atoms with van der Waals surface area (Å²) in [7, 11) is 0. The van der Waals surface area contributed by atoms with Crippen LogP contribution in [0.4, 0.5) is 8.78 Å². The maximum atomic E-state index is 13.2. The molecule has 18 heavy (non-hydrogen) atoms. The molecule has 1 aliphatic rings. The van der Waals surface area contributed by atoms with Crippen molar-refractivity contribution in [2.75, 3.05) is 26.2 Å². The molecule has 1 atom stereocenters. The molecule has 0 bridgehead atoms. The van der Waals surface area contributed by atoms with Crippen molar-refractivity contribution in [1.29, 1.82) is 0 Å². The first-order chi connectivity index (χ1) is 8.59. The summed E-state index contributed by atoms with van der Waals surface area (Å²) in [5.74, 6) is -0.333. The van der Waals surface area contributed by atoms with Gasteiger partial charge in [0.25, 0.3) is 6.43 Å². The number of hydrogen-bond acceptors (Lipinski definition) is 4. The van der Waals surface area contributed by atoms with Gasteiger partial charge in [0.05, 0.1) is 0 Å². The van der Waals surface area contributed by atoms with E-state index >= 15 is 0 Å². The zero-order valence-electron chi connectivity index (χ0n) is 9.81. The van der Waals surface area contributed by atoms with Crippen LogP contribution in [-0.2, 0) is 0 Å². The third kappa shape index (κ3) is 2.70. The Bertz CT molecular complexity index is 409. The van der Waals surface area contributed by atoms with E-state index in [4.69, 9.17) is 0 Å². The molecule has 0 aromatic heterocycles. The van der Waals surface area contributed by atoms with Gasteiger partial charge in [-0.3, -0.25) is 4.90 Å². The Morgan fingerprint density at radius 3 is 2.44 bits per heavy atom. The Hall–Kier alpha value is -1.40. The van der Waals surface area contributed by atoms with Gasteiger partial charge in [0, 0.05) is 31.7 Å². The summed E-state index contributed by atoms with van der Waals surface area (Å²) in [6, 6.07) is 2.54. The second-order valence-electron chi connectivity index (χ2n) is 4.31. The van der Waals surface area contributed by atoms with Gasteiger partial charge in [-0.1, -0.05) is 0 Å². The predicted octanol–water partition coefficient (Wildman–Crippen LogP) is 1.31. The van der Waals surface area contributed by atoms with E-state index < -0.39 is 12.5 Å². The van der Waals surface area contributed by atoms with Crippen LogP contribution in [0.5, 0.6) is 11.5 Å². The molecule has 4 nitrogen and oxygen atoms in total. The minimum absolute atomic E-state index is 0.0758. The van der Waals surface area contributed by atoms with Gasteiger partial charge in [-0.15, -0.1) is 0 Å². The van der Waals surface area contributed by atoms with Crippen LogP contribution in [-0.4, -0.2) is 47.7 Å². The quantitative estimate of drug-likeness (QED) is 0.715. The summed E-state index contributed by atoms with van der Waals surface area (Å²) in [4.78, 5) is 1.62. The van der Waals surface area contributed by atoms with Gasteiger partial charge in [0.15, 0.2) is 0 Å². The van der Waals surface area contributed by atoms with E-state index in [0.29, 0.717) is 26.2 Å². The standard InChI is InChI=1S/C12H16F2N2O2/c13-12(14)11(16-5-3-15-4-6-16)9-7-8(17)1-2-10(9)18/h1-2,7,11-12,15,17-18H,3-6H2/t11-/m0/s1. The lowest BCUT2D eigenvalue weighted by atomic mass is 10.0. The zero-order chi connectivity index (χ0) is 13.1. The second-order valence-corrected chi connectivity index (χ2v) is 4.31. The normalized spacial score (nSPS) is 19.1. The highest BCUT2D eigenvalue weighted by molar-refractivity contribution is 5.41.